The molecule has 1 heterocycles. The number of hydrogen-bond donors (Lipinski definition) is 1. The normalized spacial score (nSPS) is 16.4. The Bertz CT molecular complexity index is 594. The zero-order chi connectivity index (χ0) is 14.0. The highest BCUT2D eigenvalue weighted by molar-refractivity contribution is 7.90. The molecule has 1 aromatic rings. The number of hydrogen-bond acceptors (Lipinski definition) is 6. The smallest absolute Gasteiger partial charge is 0.288 e. The van der Waals surface area contributed by atoms with Crippen LogP contribution in [0.25, 0.3) is 0 Å². The number of rotatable bonds is 3. The van der Waals surface area contributed by atoms with Gasteiger partial charge in [-0.2, -0.15) is 0 Å². The van der Waals surface area contributed by atoms with E-state index < -0.39 is 14.8 Å². The fraction of sp³-hybridized carbons (Fsp3) is 0.455. The van der Waals surface area contributed by atoms with Gasteiger partial charge in [0, 0.05) is 44.2 Å². The lowest BCUT2D eigenvalue weighted by Gasteiger charge is -2.29. The summed E-state index contributed by atoms with van der Waals surface area (Å²) >= 11 is 0. The van der Waals surface area contributed by atoms with Crippen LogP contribution in [0.3, 0.4) is 0 Å². The molecule has 104 valence electrons. The minimum absolute atomic E-state index is 0.228. The Morgan fingerprint density at radius 2 is 1.95 bits per heavy atom. The largest absolute Gasteiger partial charge is 0.369 e. The first-order chi connectivity index (χ1) is 8.89. The summed E-state index contributed by atoms with van der Waals surface area (Å²) in [6.45, 7) is 3.12. The summed E-state index contributed by atoms with van der Waals surface area (Å²) in [5.74, 6) is 0. The van der Waals surface area contributed by atoms with E-state index in [2.05, 4.69) is 5.32 Å². The molecule has 1 aliphatic heterocycles. The predicted octanol–water partition coefficient (Wildman–Crippen LogP) is 0.408. The van der Waals surface area contributed by atoms with E-state index in [1.54, 1.807) is 6.07 Å². The molecule has 0 unspecified atom stereocenters. The molecule has 0 radical (unpaired) electrons. The molecule has 0 aliphatic carbocycles. The maximum absolute atomic E-state index is 11.7. The van der Waals surface area contributed by atoms with Crippen LogP contribution in [0.2, 0.25) is 0 Å². The highest BCUT2D eigenvalue weighted by Crippen LogP contribution is 2.28. The summed E-state index contributed by atoms with van der Waals surface area (Å²) in [5.41, 5.74) is 0.328. The van der Waals surface area contributed by atoms with Crippen LogP contribution in [0.15, 0.2) is 23.1 Å². The van der Waals surface area contributed by atoms with Crippen LogP contribution < -0.4 is 10.2 Å². The first kappa shape index (κ1) is 13.8. The first-order valence-electron chi connectivity index (χ1n) is 5.84. The standard InChI is InChI=1S/C11H15N3O4S/c1-19(17,18)11-8-9(2-3-10(11)14(15)16)13-6-4-12-5-7-13/h2-3,8,12H,4-7H2,1H3. The molecule has 7 nitrogen and oxygen atoms in total. The second kappa shape index (κ2) is 5.14. The Kier molecular flexibility index (Phi) is 3.72. The topological polar surface area (TPSA) is 92.6 Å². The van der Waals surface area contributed by atoms with Crippen molar-refractivity contribution in [1.82, 2.24) is 5.32 Å². The maximum Gasteiger partial charge on any atom is 0.288 e. The molecule has 1 N–H and O–H groups in total. The van der Waals surface area contributed by atoms with Crippen molar-refractivity contribution < 1.29 is 13.3 Å². The number of piperazine rings is 1. The zero-order valence-corrected chi connectivity index (χ0v) is 11.3. The summed E-state index contributed by atoms with van der Waals surface area (Å²) in [5, 5.41) is 14.1. The summed E-state index contributed by atoms with van der Waals surface area (Å²) in [6.07, 6.45) is 0.983. The van der Waals surface area contributed by atoms with Gasteiger partial charge in [-0.15, -0.1) is 0 Å². The first-order valence-corrected chi connectivity index (χ1v) is 7.73. The summed E-state index contributed by atoms with van der Waals surface area (Å²) < 4.78 is 23.3. The number of sulfone groups is 1. The average molecular weight is 285 g/mol. The van der Waals surface area contributed by atoms with Crippen LogP contribution >= 0.6 is 0 Å². The zero-order valence-electron chi connectivity index (χ0n) is 10.5. The van der Waals surface area contributed by atoms with Gasteiger partial charge in [-0.05, 0) is 12.1 Å². The van der Waals surface area contributed by atoms with Crippen molar-refractivity contribution in [3.63, 3.8) is 0 Å². The minimum Gasteiger partial charge on any atom is -0.369 e. The molecular weight excluding hydrogens is 270 g/mol. The van der Waals surface area contributed by atoms with Crippen LogP contribution in [0.1, 0.15) is 0 Å². The minimum atomic E-state index is -3.62. The van der Waals surface area contributed by atoms with Crippen LogP contribution in [0.4, 0.5) is 11.4 Å². The monoisotopic (exact) mass is 285 g/mol. The van der Waals surface area contributed by atoms with Crippen molar-refractivity contribution in [2.24, 2.45) is 0 Å². The SMILES string of the molecule is CS(=O)(=O)c1cc(N2CCNCC2)ccc1[N+](=O)[O-]. The van der Waals surface area contributed by atoms with E-state index >= 15 is 0 Å². The van der Waals surface area contributed by atoms with Gasteiger partial charge in [0.15, 0.2) is 9.84 Å². The number of anilines is 1. The molecule has 0 saturated carbocycles. The van der Waals surface area contributed by atoms with Crippen molar-refractivity contribution in [1.29, 1.82) is 0 Å². The van der Waals surface area contributed by atoms with Crippen LogP contribution in [0.5, 0.6) is 0 Å². The molecule has 8 heteroatoms. The number of nitrogens with one attached hydrogen (secondary N) is 1. The Morgan fingerprint density at radius 1 is 1.32 bits per heavy atom. The lowest BCUT2D eigenvalue weighted by Crippen LogP contribution is -2.43. The number of nitro benzene ring substituents is 1. The molecule has 0 spiro atoms. The lowest BCUT2D eigenvalue weighted by molar-refractivity contribution is -0.387. The third-order valence-electron chi connectivity index (χ3n) is 3.02. The van der Waals surface area contributed by atoms with Gasteiger partial charge in [-0.25, -0.2) is 8.42 Å². The molecule has 2 rings (SSSR count). The lowest BCUT2D eigenvalue weighted by atomic mass is 10.2. The van der Waals surface area contributed by atoms with Crippen molar-refractivity contribution in [2.45, 2.75) is 4.90 Å². The Labute approximate surface area is 111 Å². The highest BCUT2D eigenvalue weighted by Gasteiger charge is 2.24. The van der Waals surface area contributed by atoms with Crippen LogP contribution in [-0.2, 0) is 9.84 Å². The van der Waals surface area contributed by atoms with Crippen molar-refractivity contribution >= 4 is 21.2 Å². The Balaban J connectivity index is 2.46. The highest BCUT2D eigenvalue weighted by atomic mass is 32.2. The van der Waals surface area contributed by atoms with Crippen LogP contribution in [0, 0.1) is 10.1 Å². The van der Waals surface area contributed by atoms with Gasteiger partial charge in [-0.1, -0.05) is 0 Å². The summed E-state index contributed by atoms with van der Waals surface area (Å²) in [7, 11) is -3.62. The summed E-state index contributed by atoms with van der Waals surface area (Å²) in [4.78, 5) is 12.0. The number of benzene rings is 1. The van der Waals surface area contributed by atoms with Gasteiger partial charge >= 0.3 is 0 Å². The fourth-order valence-corrected chi connectivity index (χ4v) is 2.93. The number of nitrogens with zero attached hydrogens (tertiary/aromatic N) is 2. The average Bonchev–Trinajstić information content (AvgIpc) is 2.38. The molecular formula is C11H15N3O4S. The molecule has 0 aromatic heterocycles. The molecule has 1 saturated heterocycles. The second-order valence-corrected chi connectivity index (χ2v) is 6.40. The summed E-state index contributed by atoms with van der Waals surface area (Å²) in [6, 6.07) is 4.24. The van der Waals surface area contributed by atoms with E-state index in [-0.39, 0.29) is 10.6 Å². The third kappa shape index (κ3) is 3.02. The molecule has 1 fully saturated rings. The maximum atomic E-state index is 11.7. The molecule has 1 aliphatic rings. The fourth-order valence-electron chi connectivity index (χ4n) is 2.07. The molecule has 19 heavy (non-hydrogen) atoms. The molecule has 0 bridgehead atoms. The van der Waals surface area contributed by atoms with Crippen LogP contribution in [-0.4, -0.2) is 45.8 Å². The van der Waals surface area contributed by atoms with E-state index in [9.17, 15) is 18.5 Å². The van der Waals surface area contributed by atoms with Gasteiger partial charge in [0.2, 0.25) is 0 Å². The predicted molar refractivity (Wildman–Crippen MR) is 71.3 cm³/mol. The van der Waals surface area contributed by atoms with Gasteiger partial charge < -0.3 is 10.2 Å². The van der Waals surface area contributed by atoms with E-state index in [1.807, 2.05) is 4.90 Å². The Hall–Kier alpha value is -1.67. The van der Waals surface area contributed by atoms with E-state index in [1.165, 1.54) is 12.1 Å². The number of nitro groups is 1. The van der Waals surface area contributed by atoms with E-state index in [4.69, 9.17) is 0 Å². The van der Waals surface area contributed by atoms with E-state index in [0.29, 0.717) is 5.69 Å². The van der Waals surface area contributed by atoms with Crippen molar-refractivity contribution in [2.75, 3.05) is 37.3 Å². The third-order valence-corrected chi connectivity index (χ3v) is 4.15. The second-order valence-electron chi connectivity index (χ2n) is 4.42. The quantitative estimate of drug-likeness (QED) is 0.638. The molecule has 1 aromatic carbocycles. The van der Waals surface area contributed by atoms with Gasteiger partial charge in [0.05, 0.1) is 4.92 Å². The van der Waals surface area contributed by atoms with Gasteiger partial charge in [-0.3, -0.25) is 10.1 Å². The molecule has 0 atom stereocenters. The van der Waals surface area contributed by atoms with Crippen molar-refractivity contribution in [3.8, 4) is 0 Å². The van der Waals surface area contributed by atoms with Gasteiger partial charge in [0.1, 0.15) is 4.90 Å². The van der Waals surface area contributed by atoms with E-state index in [0.717, 1.165) is 32.4 Å². The molecule has 0 amide bonds. The Morgan fingerprint density at radius 3 is 2.47 bits per heavy atom. The van der Waals surface area contributed by atoms with Crippen molar-refractivity contribution in [3.05, 3.63) is 28.3 Å². The van der Waals surface area contributed by atoms with Gasteiger partial charge in [0.25, 0.3) is 5.69 Å².